The standard InChI is InChI=1S/C11H10BN3/c1-8-13-10(7-12)15-11(14-8)9-5-3-2-4-6-9/h2-6H,7H2,1H3. The van der Waals surface area contributed by atoms with Crippen LogP contribution in [0.1, 0.15) is 11.6 Å². The molecule has 0 unspecified atom stereocenters. The van der Waals surface area contributed by atoms with Crippen molar-refractivity contribution in [3.63, 3.8) is 0 Å². The molecule has 0 N–H and O–H groups in total. The van der Waals surface area contributed by atoms with Crippen LogP contribution in [0.3, 0.4) is 0 Å². The largest absolute Gasteiger partial charge is 0.219 e. The lowest BCUT2D eigenvalue weighted by atomic mass is 10.1. The Bertz CT molecular complexity index is 457. The van der Waals surface area contributed by atoms with Gasteiger partial charge in [0.15, 0.2) is 5.82 Å². The summed E-state index contributed by atoms with van der Waals surface area (Å²) in [7, 11) is 5.51. The summed E-state index contributed by atoms with van der Waals surface area (Å²) < 4.78 is 0. The van der Waals surface area contributed by atoms with Gasteiger partial charge in [0.2, 0.25) is 0 Å². The molecule has 0 aliphatic carbocycles. The molecule has 0 bridgehead atoms. The van der Waals surface area contributed by atoms with Crippen LogP contribution in [0.25, 0.3) is 11.4 Å². The Hall–Kier alpha value is -1.71. The number of aryl methyl sites for hydroxylation is 1. The molecule has 0 aliphatic heterocycles. The van der Waals surface area contributed by atoms with Gasteiger partial charge in [-0.2, -0.15) is 0 Å². The highest BCUT2D eigenvalue weighted by Gasteiger charge is 2.03. The minimum absolute atomic E-state index is 0.337. The topological polar surface area (TPSA) is 38.7 Å². The molecule has 4 heteroatoms. The minimum Gasteiger partial charge on any atom is -0.219 e. The molecule has 2 aromatic rings. The van der Waals surface area contributed by atoms with Crippen molar-refractivity contribution in [1.82, 2.24) is 15.0 Å². The summed E-state index contributed by atoms with van der Waals surface area (Å²) in [6.45, 7) is 1.84. The molecule has 15 heavy (non-hydrogen) atoms. The molecule has 0 spiro atoms. The number of hydrogen-bond donors (Lipinski definition) is 0. The van der Waals surface area contributed by atoms with Crippen molar-refractivity contribution in [3.8, 4) is 11.4 Å². The van der Waals surface area contributed by atoms with Gasteiger partial charge in [0.1, 0.15) is 11.6 Å². The maximum Gasteiger partial charge on any atom is 0.163 e. The second kappa shape index (κ2) is 4.21. The number of aromatic nitrogens is 3. The molecule has 1 aromatic carbocycles. The molecule has 0 amide bonds. The first kappa shape index (κ1) is 9.83. The van der Waals surface area contributed by atoms with E-state index in [1.165, 1.54) is 0 Å². The second-order valence-electron chi connectivity index (χ2n) is 3.19. The summed E-state index contributed by atoms with van der Waals surface area (Å²) in [6.07, 6.45) is 0.337. The number of nitrogens with zero attached hydrogens (tertiary/aromatic N) is 3. The molecular formula is C11H10BN3. The molecule has 0 aliphatic rings. The average Bonchev–Trinajstić information content (AvgIpc) is 2.29. The highest BCUT2D eigenvalue weighted by atomic mass is 15.0. The smallest absolute Gasteiger partial charge is 0.163 e. The van der Waals surface area contributed by atoms with Gasteiger partial charge in [0.05, 0.1) is 7.85 Å². The molecule has 2 radical (unpaired) electrons. The first-order chi connectivity index (χ1) is 7.29. The van der Waals surface area contributed by atoms with Crippen LogP contribution in [0.2, 0.25) is 0 Å². The van der Waals surface area contributed by atoms with Gasteiger partial charge in [-0.05, 0) is 13.2 Å². The first-order valence-corrected chi connectivity index (χ1v) is 4.76. The van der Waals surface area contributed by atoms with E-state index >= 15 is 0 Å². The number of benzene rings is 1. The van der Waals surface area contributed by atoms with Crippen LogP contribution in [0.15, 0.2) is 30.3 Å². The van der Waals surface area contributed by atoms with E-state index in [9.17, 15) is 0 Å². The van der Waals surface area contributed by atoms with Crippen molar-refractivity contribution >= 4 is 7.85 Å². The summed E-state index contributed by atoms with van der Waals surface area (Å²) in [4.78, 5) is 12.7. The molecule has 0 saturated heterocycles. The first-order valence-electron chi connectivity index (χ1n) is 4.76. The minimum atomic E-state index is 0.337. The van der Waals surface area contributed by atoms with Crippen LogP contribution < -0.4 is 0 Å². The van der Waals surface area contributed by atoms with Gasteiger partial charge < -0.3 is 0 Å². The predicted molar refractivity (Wildman–Crippen MR) is 59.5 cm³/mol. The zero-order valence-corrected chi connectivity index (χ0v) is 8.51. The third-order valence-corrected chi connectivity index (χ3v) is 2.01. The summed E-state index contributed by atoms with van der Waals surface area (Å²) in [5.74, 6) is 2.01. The normalized spacial score (nSPS) is 10.2. The lowest BCUT2D eigenvalue weighted by Gasteiger charge is -2.03. The van der Waals surface area contributed by atoms with Gasteiger partial charge in [-0.15, -0.1) is 0 Å². The zero-order valence-electron chi connectivity index (χ0n) is 8.51. The number of hydrogen-bond acceptors (Lipinski definition) is 3. The monoisotopic (exact) mass is 195 g/mol. The van der Waals surface area contributed by atoms with E-state index in [1.807, 2.05) is 37.3 Å². The van der Waals surface area contributed by atoms with E-state index in [2.05, 4.69) is 15.0 Å². The molecular weight excluding hydrogens is 185 g/mol. The quantitative estimate of drug-likeness (QED) is 0.681. The van der Waals surface area contributed by atoms with Crippen molar-refractivity contribution in [2.75, 3.05) is 0 Å². The van der Waals surface area contributed by atoms with Gasteiger partial charge in [-0.25, -0.2) is 15.0 Å². The SMILES string of the molecule is [B]Cc1nc(C)nc(-c2ccccc2)n1. The maximum atomic E-state index is 5.51. The Morgan fingerprint density at radius 3 is 2.47 bits per heavy atom. The fourth-order valence-electron chi connectivity index (χ4n) is 1.34. The summed E-state index contributed by atoms with van der Waals surface area (Å²) >= 11 is 0. The molecule has 3 nitrogen and oxygen atoms in total. The van der Waals surface area contributed by atoms with Crippen LogP contribution in [0, 0.1) is 6.92 Å². The Morgan fingerprint density at radius 1 is 1.07 bits per heavy atom. The van der Waals surface area contributed by atoms with E-state index in [-0.39, 0.29) is 0 Å². The predicted octanol–water partition coefficient (Wildman–Crippen LogP) is 1.52. The van der Waals surface area contributed by atoms with Crippen LogP contribution in [0.5, 0.6) is 0 Å². The highest BCUT2D eigenvalue weighted by Crippen LogP contribution is 2.13. The Balaban J connectivity index is 2.49. The Labute approximate surface area is 90.0 Å². The van der Waals surface area contributed by atoms with Gasteiger partial charge >= 0.3 is 0 Å². The maximum absolute atomic E-state index is 5.51. The third-order valence-electron chi connectivity index (χ3n) is 2.01. The van der Waals surface area contributed by atoms with Gasteiger partial charge in [-0.1, -0.05) is 30.3 Å². The van der Waals surface area contributed by atoms with Crippen LogP contribution in [-0.4, -0.2) is 22.8 Å². The molecule has 72 valence electrons. The lowest BCUT2D eigenvalue weighted by molar-refractivity contribution is 0.916. The number of rotatable bonds is 2. The Kier molecular flexibility index (Phi) is 2.76. The van der Waals surface area contributed by atoms with Crippen molar-refractivity contribution in [1.29, 1.82) is 0 Å². The van der Waals surface area contributed by atoms with Gasteiger partial charge in [0.25, 0.3) is 0 Å². The van der Waals surface area contributed by atoms with Crippen LogP contribution >= 0.6 is 0 Å². The molecule has 0 atom stereocenters. The molecule has 1 aromatic heterocycles. The lowest BCUT2D eigenvalue weighted by Crippen LogP contribution is -2.02. The molecule has 1 heterocycles. The van der Waals surface area contributed by atoms with Crippen molar-refractivity contribution < 1.29 is 0 Å². The van der Waals surface area contributed by atoms with E-state index in [4.69, 9.17) is 7.85 Å². The summed E-state index contributed by atoms with van der Waals surface area (Å²) in [5.41, 5.74) is 0.984. The fraction of sp³-hybridized carbons (Fsp3) is 0.182. The fourth-order valence-corrected chi connectivity index (χ4v) is 1.34. The van der Waals surface area contributed by atoms with Crippen molar-refractivity contribution in [2.45, 2.75) is 13.2 Å². The van der Waals surface area contributed by atoms with E-state index in [0.29, 0.717) is 23.8 Å². The van der Waals surface area contributed by atoms with Crippen LogP contribution in [0.4, 0.5) is 0 Å². The summed E-state index contributed by atoms with van der Waals surface area (Å²) in [5, 5.41) is 0. The van der Waals surface area contributed by atoms with E-state index in [1.54, 1.807) is 0 Å². The van der Waals surface area contributed by atoms with E-state index < -0.39 is 0 Å². The van der Waals surface area contributed by atoms with Gasteiger partial charge in [-0.3, -0.25) is 0 Å². The Morgan fingerprint density at radius 2 is 1.80 bits per heavy atom. The van der Waals surface area contributed by atoms with Gasteiger partial charge in [0, 0.05) is 5.56 Å². The average molecular weight is 195 g/mol. The zero-order chi connectivity index (χ0) is 10.7. The van der Waals surface area contributed by atoms with Crippen molar-refractivity contribution in [3.05, 3.63) is 42.0 Å². The molecule has 2 rings (SSSR count). The second-order valence-corrected chi connectivity index (χ2v) is 3.19. The summed E-state index contributed by atoms with van der Waals surface area (Å²) in [6, 6.07) is 9.80. The molecule has 0 saturated carbocycles. The van der Waals surface area contributed by atoms with E-state index in [0.717, 1.165) is 5.56 Å². The third kappa shape index (κ3) is 2.21. The highest BCUT2D eigenvalue weighted by molar-refractivity contribution is 6.07. The molecule has 0 fully saturated rings. The van der Waals surface area contributed by atoms with Crippen LogP contribution in [-0.2, 0) is 6.32 Å². The van der Waals surface area contributed by atoms with Crippen molar-refractivity contribution in [2.24, 2.45) is 0 Å².